The van der Waals surface area contributed by atoms with Crippen molar-refractivity contribution in [3.8, 4) is 5.75 Å². The Morgan fingerprint density at radius 2 is 2.25 bits per heavy atom. The molecule has 2 aromatic rings. The fourth-order valence-electron chi connectivity index (χ4n) is 3.11. The van der Waals surface area contributed by atoms with E-state index in [1.165, 1.54) is 24.8 Å². The molecular formula is C19H27N3O2. The van der Waals surface area contributed by atoms with Gasteiger partial charge in [-0.15, -0.1) is 0 Å². The molecule has 0 unspecified atom stereocenters. The average molecular weight is 329 g/mol. The minimum Gasteiger partial charge on any atom is -0.491 e. The van der Waals surface area contributed by atoms with Crippen LogP contribution in [-0.2, 0) is 17.8 Å². The van der Waals surface area contributed by atoms with Crippen molar-refractivity contribution in [3.63, 3.8) is 0 Å². The third-order valence-corrected chi connectivity index (χ3v) is 4.37. The lowest BCUT2D eigenvalue weighted by atomic mass is 10.1. The molecular weight excluding hydrogens is 302 g/mol. The lowest BCUT2D eigenvalue weighted by molar-refractivity contribution is -0.00269. The van der Waals surface area contributed by atoms with Gasteiger partial charge in [0, 0.05) is 37.7 Å². The Morgan fingerprint density at radius 1 is 1.33 bits per heavy atom. The molecule has 1 aliphatic heterocycles. The maximum absolute atomic E-state index is 5.99. The maximum atomic E-state index is 5.99. The number of hydrogen-bond acceptors (Lipinski definition) is 4. The van der Waals surface area contributed by atoms with Gasteiger partial charge in [0.2, 0.25) is 0 Å². The van der Waals surface area contributed by atoms with E-state index >= 15 is 0 Å². The second-order valence-electron chi connectivity index (χ2n) is 6.44. The minimum atomic E-state index is 0.373. The summed E-state index contributed by atoms with van der Waals surface area (Å²) in [6, 6.07) is 8.29. The summed E-state index contributed by atoms with van der Waals surface area (Å²) in [5.74, 6) is 0.967. The minimum absolute atomic E-state index is 0.373. The number of hydrogen-bond donors (Lipinski definition) is 0. The summed E-state index contributed by atoms with van der Waals surface area (Å²) in [6.07, 6.45) is 9.59. The van der Waals surface area contributed by atoms with Gasteiger partial charge >= 0.3 is 0 Å². The molecule has 1 aliphatic rings. The van der Waals surface area contributed by atoms with Gasteiger partial charge in [-0.1, -0.05) is 18.2 Å². The zero-order valence-corrected chi connectivity index (χ0v) is 14.4. The molecule has 0 spiro atoms. The predicted molar refractivity (Wildman–Crippen MR) is 94.1 cm³/mol. The van der Waals surface area contributed by atoms with Crippen molar-refractivity contribution in [1.82, 2.24) is 14.5 Å². The molecule has 5 heteroatoms. The highest BCUT2D eigenvalue weighted by Gasteiger charge is 2.16. The van der Waals surface area contributed by atoms with Gasteiger partial charge < -0.3 is 14.0 Å². The number of ether oxygens (including phenoxy) is 2. The van der Waals surface area contributed by atoms with Gasteiger partial charge in [0.15, 0.2) is 0 Å². The van der Waals surface area contributed by atoms with E-state index in [9.17, 15) is 0 Å². The van der Waals surface area contributed by atoms with Crippen molar-refractivity contribution >= 4 is 0 Å². The topological polar surface area (TPSA) is 39.5 Å². The summed E-state index contributed by atoms with van der Waals surface area (Å²) in [4.78, 5) is 6.38. The molecule has 0 radical (unpaired) electrons. The van der Waals surface area contributed by atoms with Crippen LogP contribution in [0.5, 0.6) is 5.75 Å². The Balaban J connectivity index is 1.50. The second-order valence-corrected chi connectivity index (χ2v) is 6.44. The van der Waals surface area contributed by atoms with Crippen molar-refractivity contribution in [2.45, 2.75) is 38.5 Å². The van der Waals surface area contributed by atoms with Crippen LogP contribution >= 0.6 is 0 Å². The van der Waals surface area contributed by atoms with Crippen LogP contribution < -0.4 is 4.74 Å². The van der Waals surface area contributed by atoms with Crippen LogP contribution in [0.15, 0.2) is 43.0 Å². The van der Waals surface area contributed by atoms with Crippen LogP contribution in [0.1, 0.15) is 24.8 Å². The maximum Gasteiger partial charge on any atom is 0.123 e. The first-order valence-corrected chi connectivity index (χ1v) is 8.78. The molecule has 0 saturated carbocycles. The fraction of sp³-hybridized carbons (Fsp3) is 0.526. The smallest absolute Gasteiger partial charge is 0.123 e. The summed E-state index contributed by atoms with van der Waals surface area (Å²) in [5, 5.41) is 0. The molecule has 0 aliphatic carbocycles. The van der Waals surface area contributed by atoms with Gasteiger partial charge in [0.25, 0.3) is 0 Å². The van der Waals surface area contributed by atoms with Gasteiger partial charge in [-0.25, -0.2) is 4.98 Å². The van der Waals surface area contributed by atoms with E-state index in [4.69, 9.17) is 9.47 Å². The van der Waals surface area contributed by atoms with E-state index < -0.39 is 0 Å². The number of rotatable bonds is 8. The van der Waals surface area contributed by atoms with Crippen LogP contribution in [0.25, 0.3) is 0 Å². The molecule has 2 heterocycles. The van der Waals surface area contributed by atoms with Crippen molar-refractivity contribution in [1.29, 1.82) is 0 Å². The highest BCUT2D eigenvalue weighted by Crippen LogP contribution is 2.21. The van der Waals surface area contributed by atoms with E-state index in [2.05, 4.69) is 29.1 Å². The van der Waals surface area contributed by atoms with Gasteiger partial charge in [0.1, 0.15) is 12.4 Å². The second kappa shape index (κ2) is 8.85. The third kappa shape index (κ3) is 5.08. The van der Waals surface area contributed by atoms with Crippen molar-refractivity contribution in [2.75, 3.05) is 26.8 Å². The number of benzene rings is 1. The first-order valence-electron chi connectivity index (χ1n) is 8.78. The van der Waals surface area contributed by atoms with Gasteiger partial charge in [-0.2, -0.15) is 0 Å². The molecule has 0 amide bonds. The highest BCUT2D eigenvalue weighted by molar-refractivity contribution is 5.33. The summed E-state index contributed by atoms with van der Waals surface area (Å²) in [7, 11) is 2.15. The number of aromatic nitrogens is 2. The van der Waals surface area contributed by atoms with Crippen molar-refractivity contribution in [2.24, 2.45) is 0 Å². The van der Waals surface area contributed by atoms with Crippen molar-refractivity contribution in [3.05, 3.63) is 48.5 Å². The van der Waals surface area contributed by atoms with E-state index in [1.807, 2.05) is 29.2 Å². The molecule has 1 saturated heterocycles. The SMILES string of the molecule is CN(Cc1ccccc1OCCn1ccnc1)C[C@@H]1CCCCO1. The molecule has 1 fully saturated rings. The van der Waals surface area contributed by atoms with Gasteiger partial charge in [-0.05, 0) is 32.4 Å². The van der Waals surface area contributed by atoms with Crippen LogP contribution in [0.3, 0.4) is 0 Å². The Bertz CT molecular complexity index is 594. The molecule has 0 N–H and O–H groups in total. The normalized spacial score (nSPS) is 18.0. The zero-order valence-electron chi connectivity index (χ0n) is 14.4. The standard InChI is InChI=1S/C19H27N3O2/c1-21(15-18-7-4-5-12-23-18)14-17-6-2-3-8-19(17)24-13-11-22-10-9-20-16-22/h2-3,6,8-10,16,18H,4-5,7,11-15H2,1H3/t18-/m0/s1. The molecule has 130 valence electrons. The van der Waals surface area contributed by atoms with E-state index in [0.717, 1.165) is 32.0 Å². The van der Waals surface area contributed by atoms with Crippen LogP contribution in [0.2, 0.25) is 0 Å². The Kier molecular flexibility index (Phi) is 6.26. The molecule has 24 heavy (non-hydrogen) atoms. The largest absolute Gasteiger partial charge is 0.491 e. The lowest BCUT2D eigenvalue weighted by Gasteiger charge is -2.27. The summed E-state index contributed by atoms with van der Waals surface area (Å²) < 4.78 is 13.9. The summed E-state index contributed by atoms with van der Waals surface area (Å²) in [6.45, 7) is 4.21. The number of nitrogens with zero attached hydrogens (tertiary/aromatic N) is 3. The molecule has 1 atom stereocenters. The van der Waals surface area contributed by atoms with Crippen LogP contribution in [0, 0.1) is 0 Å². The zero-order chi connectivity index (χ0) is 16.6. The van der Waals surface area contributed by atoms with E-state index in [0.29, 0.717) is 12.7 Å². The number of para-hydroxylation sites is 1. The van der Waals surface area contributed by atoms with Gasteiger partial charge in [-0.3, -0.25) is 4.90 Å². The fourth-order valence-corrected chi connectivity index (χ4v) is 3.11. The Morgan fingerprint density at radius 3 is 3.04 bits per heavy atom. The Hall–Kier alpha value is -1.85. The Labute approximate surface area is 144 Å². The number of likely N-dealkylation sites (N-methyl/N-ethyl adjacent to an activating group) is 1. The average Bonchev–Trinajstić information content (AvgIpc) is 3.11. The molecule has 3 rings (SSSR count). The van der Waals surface area contributed by atoms with Crippen LogP contribution in [0.4, 0.5) is 0 Å². The molecule has 0 bridgehead atoms. The van der Waals surface area contributed by atoms with Crippen LogP contribution in [-0.4, -0.2) is 47.4 Å². The van der Waals surface area contributed by atoms with E-state index in [1.54, 1.807) is 6.20 Å². The molecule has 1 aromatic heterocycles. The molecule has 5 nitrogen and oxygen atoms in total. The third-order valence-electron chi connectivity index (χ3n) is 4.37. The van der Waals surface area contributed by atoms with Crippen molar-refractivity contribution < 1.29 is 9.47 Å². The van der Waals surface area contributed by atoms with E-state index in [-0.39, 0.29) is 0 Å². The summed E-state index contributed by atoms with van der Waals surface area (Å²) >= 11 is 0. The summed E-state index contributed by atoms with van der Waals surface area (Å²) in [5.41, 5.74) is 1.22. The lowest BCUT2D eigenvalue weighted by Crippen LogP contribution is -2.33. The predicted octanol–water partition coefficient (Wildman–Crippen LogP) is 2.96. The first-order chi connectivity index (χ1) is 11.8. The monoisotopic (exact) mass is 329 g/mol. The quantitative estimate of drug-likeness (QED) is 0.746. The first kappa shape index (κ1) is 17.0. The molecule has 1 aromatic carbocycles. The number of imidazole rings is 1. The highest BCUT2D eigenvalue weighted by atomic mass is 16.5. The van der Waals surface area contributed by atoms with Gasteiger partial charge in [0.05, 0.1) is 19.0 Å².